The molecule has 0 aromatic heterocycles. The van der Waals surface area contributed by atoms with E-state index in [4.69, 9.17) is 5.73 Å². The second-order valence-electron chi connectivity index (χ2n) is 4.17. The zero-order chi connectivity index (χ0) is 12.4. The molecule has 1 amide bonds. The number of hydrogen-bond donors (Lipinski definition) is 1. The van der Waals surface area contributed by atoms with Crippen molar-refractivity contribution in [1.82, 2.24) is 4.90 Å². The second-order valence-corrected chi connectivity index (χ2v) is 6.18. The van der Waals surface area contributed by atoms with E-state index in [-0.39, 0.29) is 5.91 Å². The molecule has 1 aromatic carbocycles. The van der Waals surface area contributed by atoms with E-state index in [1.807, 2.05) is 29.8 Å². The lowest BCUT2D eigenvalue weighted by atomic mass is 10.1. The summed E-state index contributed by atoms with van der Waals surface area (Å²) in [5, 5.41) is 0. The first-order chi connectivity index (χ1) is 8.09. The fourth-order valence-electron chi connectivity index (χ4n) is 1.89. The molecule has 2 N–H and O–H groups in total. The van der Waals surface area contributed by atoms with E-state index in [2.05, 4.69) is 15.9 Å². The number of thioether (sulfide) groups is 1. The molecule has 1 heterocycles. The van der Waals surface area contributed by atoms with Crippen LogP contribution in [0, 0.1) is 0 Å². The number of hydrogen-bond acceptors (Lipinski definition) is 3. The molecule has 1 aromatic rings. The summed E-state index contributed by atoms with van der Waals surface area (Å²) in [7, 11) is 1.87. The minimum absolute atomic E-state index is 0.0386. The summed E-state index contributed by atoms with van der Waals surface area (Å²) in [6, 6.07) is 5.68. The van der Waals surface area contributed by atoms with Gasteiger partial charge in [0.1, 0.15) is 0 Å². The predicted octanol–water partition coefficient (Wildman–Crippen LogP) is 2.61. The van der Waals surface area contributed by atoms with E-state index in [9.17, 15) is 4.79 Å². The van der Waals surface area contributed by atoms with E-state index in [1.54, 1.807) is 12.1 Å². The number of carbonyl (C=O) groups is 1. The first-order valence-electron chi connectivity index (χ1n) is 5.49. The van der Waals surface area contributed by atoms with Gasteiger partial charge >= 0.3 is 0 Å². The van der Waals surface area contributed by atoms with Crippen molar-refractivity contribution in [2.45, 2.75) is 12.5 Å². The number of nitrogens with zero attached hydrogens (tertiary/aromatic N) is 1. The summed E-state index contributed by atoms with van der Waals surface area (Å²) in [6.07, 6.45) is 1.08. The van der Waals surface area contributed by atoms with Gasteiger partial charge in [-0.25, -0.2) is 0 Å². The van der Waals surface area contributed by atoms with Crippen molar-refractivity contribution in [1.29, 1.82) is 0 Å². The number of nitrogen functional groups attached to an aromatic ring is 1. The maximum atomic E-state index is 12.3. The molecule has 0 spiro atoms. The molecule has 1 unspecified atom stereocenters. The number of halogens is 1. The van der Waals surface area contributed by atoms with E-state index < -0.39 is 0 Å². The number of rotatable bonds is 2. The van der Waals surface area contributed by atoms with Crippen LogP contribution in [0.5, 0.6) is 0 Å². The predicted molar refractivity (Wildman–Crippen MR) is 76.4 cm³/mol. The Morgan fingerprint density at radius 1 is 1.59 bits per heavy atom. The van der Waals surface area contributed by atoms with Gasteiger partial charge in [0.05, 0.1) is 5.56 Å². The number of benzene rings is 1. The van der Waals surface area contributed by atoms with Crippen LogP contribution in [0.15, 0.2) is 22.7 Å². The van der Waals surface area contributed by atoms with Crippen molar-refractivity contribution in [2.24, 2.45) is 0 Å². The molecule has 0 radical (unpaired) electrons. The molecule has 0 aliphatic carbocycles. The van der Waals surface area contributed by atoms with Crippen LogP contribution in [0.4, 0.5) is 5.69 Å². The van der Waals surface area contributed by atoms with Gasteiger partial charge in [-0.15, -0.1) is 0 Å². The highest BCUT2D eigenvalue weighted by Crippen LogP contribution is 2.25. The van der Waals surface area contributed by atoms with Gasteiger partial charge in [0, 0.05) is 29.0 Å². The zero-order valence-corrected chi connectivity index (χ0v) is 12.1. The van der Waals surface area contributed by atoms with E-state index in [0.717, 1.165) is 22.4 Å². The molecule has 1 aliphatic rings. The minimum atomic E-state index is 0.0386. The first-order valence-corrected chi connectivity index (χ1v) is 7.44. The smallest absolute Gasteiger partial charge is 0.255 e. The Morgan fingerprint density at radius 2 is 2.35 bits per heavy atom. The molecule has 5 heteroatoms. The third-order valence-electron chi connectivity index (χ3n) is 2.99. The lowest BCUT2D eigenvalue weighted by Gasteiger charge is -2.24. The van der Waals surface area contributed by atoms with E-state index in [0.29, 0.717) is 17.3 Å². The van der Waals surface area contributed by atoms with Crippen LogP contribution in [-0.4, -0.2) is 35.4 Å². The number of carbonyl (C=O) groups excluding carboxylic acids is 1. The third-order valence-corrected chi connectivity index (χ3v) is 4.83. The highest BCUT2D eigenvalue weighted by Gasteiger charge is 2.25. The molecule has 2 rings (SSSR count). The van der Waals surface area contributed by atoms with Gasteiger partial charge in [-0.1, -0.05) is 0 Å². The van der Waals surface area contributed by atoms with Crippen LogP contribution in [0.25, 0.3) is 0 Å². The van der Waals surface area contributed by atoms with Crippen LogP contribution < -0.4 is 5.73 Å². The van der Waals surface area contributed by atoms with Gasteiger partial charge < -0.3 is 10.6 Å². The first kappa shape index (κ1) is 12.8. The van der Waals surface area contributed by atoms with Gasteiger partial charge in [-0.3, -0.25) is 4.79 Å². The number of nitrogens with two attached hydrogens (primary N) is 1. The molecule has 1 saturated heterocycles. The van der Waals surface area contributed by atoms with Gasteiger partial charge in [-0.05, 0) is 46.3 Å². The molecule has 3 nitrogen and oxygen atoms in total. The Bertz CT molecular complexity index is 433. The summed E-state index contributed by atoms with van der Waals surface area (Å²) < 4.78 is 0.800. The molecule has 1 fully saturated rings. The van der Waals surface area contributed by atoms with Crippen molar-refractivity contribution >= 4 is 39.3 Å². The molecule has 17 heavy (non-hydrogen) atoms. The summed E-state index contributed by atoms with van der Waals surface area (Å²) >= 11 is 5.30. The number of anilines is 1. The molecule has 0 bridgehead atoms. The largest absolute Gasteiger partial charge is 0.399 e. The van der Waals surface area contributed by atoms with Gasteiger partial charge in [-0.2, -0.15) is 11.8 Å². The fraction of sp³-hybridized carbons (Fsp3) is 0.417. The topological polar surface area (TPSA) is 46.3 Å². The Kier molecular flexibility index (Phi) is 3.99. The normalized spacial score (nSPS) is 19.3. The second kappa shape index (κ2) is 5.31. The molecule has 1 aliphatic heterocycles. The molecule has 0 saturated carbocycles. The maximum Gasteiger partial charge on any atom is 0.255 e. The minimum Gasteiger partial charge on any atom is -0.399 e. The van der Waals surface area contributed by atoms with Crippen molar-refractivity contribution in [3.8, 4) is 0 Å². The van der Waals surface area contributed by atoms with Crippen LogP contribution in [0.3, 0.4) is 0 Å². The average Bonchev–Trinajstić information content (AvgIpc) is 2.84. The van der Waals surface area contributed by atoms with E-state index >= 15 is 0 Å². The van der Waals surface area contributed by atoms with Crippen LogP contribution in [-0.2, 0) is 0 Å². The van der Waals surface area contributed by atoms with Crippen LogP contribution >= 0.6 is 27.7 Å². The Balaban J connectivity index is 2.20. The monoisotopic (exact) mass is 314 g/mol. The molecule has 92 valence electrons. The Morgan fingerprint density at radius 3 is 3.00 bits per heavy atom. The molecular weight excluding hydrogens is 300 g/mol. The van der Waals surface area contributed by atoms with Crippen molar-refractivity contribution in [3.63, 3.8) is 0 Å². The van der Waals surface area contributed by atoms with Gasteiger partial charge in [0.2, 0.25) is 0 Å². The van der Waals surface area contributed by atoms with Gasteiger partial charge in [0.25, 0.3) is 5.91 Å². The Labute approximate surface area is 114 Å². The standard InChI is InChI=1S/C12H15BrN2OS/c1-15(9-4-5-17-7-9)12(16)10-6-8(14)2-3-11(10)13/h2-3,6,9H,4-5,7,14H2,1H3. The van der Waals surface area contributed by atoms with Crippen LogP contribution in [0.1, 0.15) is 16.8 Å². The van der Waals surface area contributed by atoms with Crippen molar-refractivity contribution in [2.75, 3.05) is 24.3 Å². The summed E-state index contributed by atoms with van der Waals surface area (Å²) in [6.45, 7) is 0. The Hall–Kier alpha value is -0.680. The maximum absolute atomic E-state index is 12.3. The molecular formula is C12H15BrN2OS. The fourth-order valence-corrected chi connectivity index (χ4v) is 3.57. The summed E-state index contributed by atoms with van der Waals surface area (Å²) in [4.78, 5) is 14.2. The van der Waals surface area contributed by atoms with Gasteiger partial charge in [0.15, 0.2) is 0 Å². The summed E-state index contributed by atoms with van der Waals surface area (Å²) in [5.74, 6) is 2.21. The zero-order valence-electron chi connectivity index (χ0n) is 9.65. The highest BCUT2D eigenvalue weighted by atomic mass is 79.9. The van der Waals surface area contributed by atoms with Crippen LogP contribution in [0.2, 0.25) is 0 Å². The van der Waals surface area contributed by atoms with Crippen molar-refractivity contribution in [3.05, 3.63) is 28.2 Å². The molecule has 1 atom stereocenters. The number of amides is 1. The average molecular weight is 315 g/mol. The SMILES string of the molecule is CN(C(=O)c1cc(N)ccc1Br)C1CCSC1. The lowest BCUT2D eigenvalue weighted by Crippen LogP contribution is -2.37. The lowest BCUT2D eigenvalue weighted by molar-refractivity contribution is 0.0747. The quantitative estimate of drug-likeness (QED) is 0.854. The highest BCUT2D eigenvalue weighted by molar-refractivity contribution is 9.10. The van der Waals surface area contributed by atoms with Crippen molar-refractivity contribution < 1.29 is 4.79 Å². The third kappa shape index (κ3) is 2.77. The summed E-state index contributed by atoms with van der Waals surface area (Å²) in [5.41, 5.74) is 6.98. The van der Waals surface area contributed by atoms with E-state index in [1.165, 1.54) is 0 Å².